The fourth-order valence-corrected chi connectivity index (χ4v) is 3.70. The molecule has 0 amide bonds. The quantitative estimate of drug-likeness (QED) is 0.792. The molecule has 2 aliphatic rings. The SMILES string of the molecule is CCNC1CCC(N2CC(CC)(CC)C2)CC1. The van der Waals surface area contributed by atoms with E-state index in [1.165, 1.54) is 51.6 Å². The highest BCUT2D eigenvalue weighted by atomic mass is 15.2. The monoisotopic (exact) mass is 238 g/mol. The summed E-state index contributed by atoms with van der Waals surface area (Å²) in [6.07, 6.45) is 8.35. The Labute approximate surface area is 107 Å². The average molecular weight is 238 g/mol. The Hall–Kier alpha value is -0.0800. The highest BCUT2D eigenvalue weighted by molar-refractivity contribution is 4.97. The third-order valence-corrected chi connectivity index (χ3v) is 5.28. The molecule has 0 unspecified atom stereocenters. The van der Waals surface area contributed by atoms with Crippen LogP contribution in [0.4, 0.5) is 0 Å². The van der Waals surface area contributed by atoms with Gasteiger partial charge >= 0.3 is 0 Å². The Bertz CT molecular complexity index is 219. The van der Waals surface area contributed by atoms with E-state index in [-0.39, 0.29) is 0 Å². The predicted molar refractivity (Wildman–Crippen MR) is 74.3 cm³/mol. The minimum atomic E-state index is 0.679. The van der Waals surface area contributed by atoms with E-state index in [1.54, 1.807) is 0 Å². The first kappa shape index (κ1) is 13.4. The number of nitrogens with one attached hydrogen (secondary N) is 1. The topological polar surface area (TPSA) is 15.3 Å². The zero-order valence-electron chi connectivity index (χ0n) is 12.0. The molecule has 1 aliphatic carbocycles. The van der Waals surface area contributed by atoms with Crippen LogP contribution in [0.25, 0.3) is 0 Å². The Morgan fingerprint density at radius 2 is 1.59 bits per heavy atom. The predicted octanol–water partition coefficient (Wildman–Crippen LogP) is 3.03. The summed E-state index contributed by atoms with van der Waals surface area (Å²) in [5, 5.41) is 3.60. The van der Waals surface area contributed by atoms with Crippen LogP contribution in [-0.2, 0) is 0 Å². The first-order chi connectivity index (χ1) is 8.23. The highest BCUT2D eigenvalue weighted by Crippen LogP contribution is 2.40. The Kier molecular flexibility index (Phi) is 4.48. The van der Waals surface area contributed by atoms with Gasteiger partial charge in [0.25, 0.3) is 0 Å². The van der Waals surface area contributed by atoms with Crippen molar-refractivity contribution in [3.63, 3.8) is 0 Å². The van der Waals surface area contributed by atoms with E-state index in [1.807, 2.05) is 0 Å². The molecule has 2 nitrogen and oxygen atoms in total. The van der Waals surface area contributed by atoms with Gasteiger partial charge in [-0.25, -0.2) is 0 Å². The minimum Gasteiger partial charge on any atom is -0.314 e. The smallest absolute Gasteiger partial charge is 0.00968 e. The number of nitrogens with zero attached hydrogens (tertiary/aromatic N) is 1. The lowest BCUT2D eigenvalue weighted by Crippen LogP contribution is -2.60. The average Bonchev–Trinajstić information content (AvgIpc) is 2.31. The molecule has 17 heavy (non-hydrogen) atoms. The van der Waals surface area contributed by atoms with Crippen LogP contribution in [0, 0.1) is 5.41 Å². The zero-order chi connectivity index (χ0) is 12.3. The van der Waals surface area contributed by atoms with Gasteiger partial charge < -0.3 is 5.32 Å². The van der Waals surface area contributed by atoms with Crippen LogP contribution in [0.2, 0.25) is 0 Å². The summed E-state index contributed by atoms with van der Waals surface area (Å²) in [5.41, 5.74) is 0.679. The Morgan fingerprint density at radius 3 is 2.06 bits per heavy atom. The Balaban J connectivity index is 1.73. The van der Waals surface area contributed by atoms with Gasteiger partial charge in [-0.3, -0.25) is 4.90 Å². The maximum Gasteiger partial charge on any atom is 0.00968 e. The van der Waals surface area contributed by atoms with Crippen molar-refractivity contribution in [1.29, 1.82) is 0 Å². The second kappa shape index (κ2) is 5.71. The lowest BCUT2D eigenvalue weighted by atomic mass is 9.73. The van der Waals surface area contributed by atoms with Crippen LogP contribution in [0.5, 0.6) is 0 Å². The molecule has 0 atom stereocenters. The van der Waals surface area contributed by atoms with Crippen LogP contribution in [0.1, 0.15) is 59.3 Å². The van der Waals surface area contributed by atoms with Crippen LogP contribution >= 0.6 is 0 Å². The molecule has 1 N–H and O–H groups in total. The van der Waals surface area contributed by atoms with E-state index in [2.05, 4.69) is 31.0 Å². The molecule has 0 radical (unpaired) electrons. The van der Waals surface area contributed by atoms with E-state index < -0.39 is 0 Å². The fourth-order valence-electron chi connectivity index (χ4n) is 3.70. The molecule has 2 fully saturated rings. The largest absolute Gasteiger partial charge is 0.314 e. The maximum atomic E-state index is 3.60. The van der Waals surface area contributed by atoms with E-state index in [0.717, 1.165) is 18.6 Å². The standard InChI is InChI=1S/C15H30N2/c1-4-15(5-2)11-17(12-15)14-9-7-13(8-10-14)16-6-3/h13-14,16H,4-12H2,1-3H3. The van der Waals surface area contributed by atoms with Crippen molar-refractivity contribution in [2.24, 2.45) is 5.41 Å². The lowest BCUT2D eigenvalue weighted by Gasteiger charge is -2.54. The second-order valence-electron chi connectivity index (χ2n) is 6.18. The first-order valence-corrected chi connectivity index (χ1v) is 7.70. The van der Waals surface area contributed by atoms with E-state index in [9.17, 15) is 0 Å². The van der Waals surface area contributed by atoms with Gasteiger partial charge in [0.15, 0.2) is 0 Å². The van der Waals surface area contributed by atoms with Crippen LogP contribution in [-0.4, -0.2) is 36.6 Å². The van der Waals surface area contributed by atoms with Crippen molar-refractivity contribution < 1.29 is 0 Å². The zero-order valence-corrected chi connectivity index (χ0v) is 12.0. The molecule has 1 saturated carbocycles. The molecule has 0 aromatic heterocycles. The number of likely N-dealkylation sites (tertiary alicyclic amines) is 1. The summed E-state index contributed by atoms with van der Waals surface area (Å²) in [4.78, 5) is 2.76. The van der Waals surface area contributed by atoms with Crippen LogP contribution in [0.15, 0.2) is 0 Å². The second-order valence-corrected chi connectivity index (χ2v) is 6.18. The van der Waals surface area contributed by atoms with Crippen molar-refractivity contribution >= 4 is 0 Å². The van der Waals surface area contributed by atoms with Gasteiger partial charge in [-0.15, -0.1) is 0 Å². The molecule has 0 bridgehead atoms. The normalized spacial score (nSPS) is 33.4. The van der Waals surface area contributed by atoms with Gasteiger partial charge in [0.05, 0.1) is 0 Å². The molecule has 0 aromatic carbocycles. The molecule has 2 rings (SSSR count). The number of rotatable bonds is 5. The van der Waals surface area contributed by atoms with E-state index in [0.29, 0.717) is 5.41 Å². The van der Waals surface area contributed by atoms with Gasteiger partial charge in [-0.05, 0) is 50.5 Å². The van der Waals surface area contributed by atoms with Crippen molar-refractivity contribution in [3.05, 3.63) is 0 Å². The summed E-state index contributed by atoms with van der Waals surface area (Å²) in [7, 11) is 0. The molecule has 0 aromatic rings. The van der Waals surface area contributed by atoms with Crippen molar-refractivity contribution in [3.8, 4) is 0 Å². The molecule has 1 aliphatic heterocycles. The van der Waals surface area contributed by atoms with Gasteiger partial charge in [0.1, 0.15) is 0 Å². The van der Waals surface area contributed by atoms with Crippen molar-refractivity contribution in [2.45, 2.75) is 71.4 Å². The van der Waals surface area contributed by atoms with Crippen LogP contribution < -0.4 is 5.32 Å². The van der Waals surface area contributed by atoms with Crippen LogP contribution in [0.3, 0.4) is 0 Å². The molecular formula is C15H30N2. The lowest BCUT2D eigenvalue weighted by molar-refractivity contribution is -0.0479. The van der Waals surface area contributed by atoms with Gasteiger partial charge in [-0.2, -0.15) is 0 Å². The summed E-state index contributed by atoms with van der Waals surface area (Å²) < 4.78 is 0. The molecule has 1 heterocycles. The van der Waals surface area contributed by atoms with E-state index >= 15 is 0 Å². The number of hydrogen-bond acceptors (Lipinski definition) is 2. The maximum absolute atomic E-state index is 3.60. The third-order valence-electron chi connectivity index (χ3n) is 5.28. The molecule has 1 saturated heterocycles. The molecular weight excluding hydrogens is 208 g/mol. The number of hydrogen-bond donors (Lipinski definition) is 1. The minimum absolute atomic E-state index is 0.679. The van der Waals surface area contributed by atoms with Gasteiger partial charge in [0.2, 0.25) is 0 Å². The van der Waals surface area contributed by atoms with E-state index in [4.69, 9.17) is 0 Å². The van der Waals surface area contributed by atoms with Gasteiger partial charge in [-0.1, -0.05) is 20.8 Å². The molecule has 100 valence electrons. The summed E-state index contributed by atoms with van der Waals surface area (Å²) in [6.45, 7) is 10.8. The summed E-state index contributed by atoms with van der Waals surface area (Å²) >= 11 is 0. The van der Waals surface area contributed by atoms with Crippen molar-refractivity contribution in [2.75, 3.05) is 19.6 Å². The third kappa shape index (κ3) is 2.85. The van der Waals surface area contributed by atoms with Gasteiger partial charge in [0, 0.05) is 25.2 Å². The fraction of sp³-hybridized carbons (Fsp3) is 1.00. The molecule has 2 heteroatoms. The van der Waals surface area contributed by atoms with Crippen molar-refractivity contribution in [1.82, 2.24) is 10.2 Å². The summed E-state index contributed by atoms with van der Waals surface area (Å²) in [6, 6.07) is 1.70. The Morgan fingerprint density at radius 1 is 1.00 bits per heavy atom. The highest BCUT2D eigenvalue weighted by Gasteiger charge is 2.43. The molecule has 0 spiro atoms. The first-order valence-electron chi connectivity index (χ1n) is 7.70. The summed E-state index contributed by atoms with van der Waals surface area (Å²) in [5.74, 6) is 0.